The minimum atomic E-state index is 0.102. The van der Waals surface area contributed by atoms with Crippen LogP contribution < -0.4 is 10.6 Å². The van der Waals surface area contributed by atoms with Gasteiger partial charge >= 0.3 is 0 Å². The molecule has 1 aliphatic rings. The number of hydrogen-bond acceptors (Lipinski definition) is 3. The minimum absolute atomic E-state index is 0.102. The summed E-state index contributed by atoms with van der Waals surface area (Å²) in [5.41, 5.74) is 7.51. The van der Waals surface area contributed by atoms with Gasteiger partial charge in [-0.05, 0) is 61.1 Å². The molecule has 0 aliphatic carbocycles. The molecule has 0 amide bonds. The number of nitrogens with zero attached hydrogens (tertiary/aromatic N) is 2. The zero-order valence-electron chi connectivity index (χ0n) is 11.5. The first kappa shape index (κ1) is 14.3. The second-order valence-corrected chi connectivity index (χ2v) is 6.18. The van der Waals surface area contributed by atoms with Crippen LogP contribution in [0.2, 0.25) is 0 Å². The quantitative estimate of drug-likeness (QED) is 0.659. The Labute approximate surface area is 123 Å². The van der Waals surface area contributed by atoms with Crippen LogP contribution in [-0.4, -0.2) is 44.0 Å². The summed E-state index contributed by atoms with van der Waals surface area (Å²) in [7, 11) is 4.23. The zero-order chi connectivity index (χ0) is 14.0. The van der Waals surface area contributed by atoms with Crippen LogP contribution in [0.25, 0.3) is 0 Å². The Bertz CT molecular complexity index is 473. The molecule has 1 heterocycles. The van der Waals surface area contributed by atoms with Crippen molar-refractivity contribution < 1.29 is 0 Å². The molecule has 3 N–H and O–H groups in total. The average Bonchev–Trinajstić information content (AvgIpc) is 2.75. The van der Waals surface area contributed by atoms with Crippen LogP contribution in [0.4, 0.5) is 5.69 Å². The summed E-state index contributed by atoms with van der Waals surface area (Å²) >= 11 is 3.51. The first-order valence-electron chi connectivity index (χ1n) is 6.54. The van der Waals surface area contributed by atoms with Crippen molar-refractivity contribution in [1.29, 1.82) is 5.41 Å². The van der Waals surface area contributed by atoms with Gasteiger partial charge in [-0.25, -0.2) is 0 Å². The van der Waals surface area contributed by atoms with Crippen molar-refractivity contribution in [2.45, 2.75) is 18.9 Å². The molecule has 1 atom stereocenters. The molecule has 1 unspecified atom stereocenters. The highest BCUT2D eigenvalue weighted by atomic mass is 79.9. The molecule has 0 spiro atoms. The molecule has 1 aromatic carbocycles. The molecule has 5 heteroatoms. The number of nitrogens with one attached hydrogen (secondary N) is 1. The van der Waals surface area contributed by atoms with E-state index in [1.807, 2.05) is 6.07 Å². The standard InChI is InChI=1S/C14H21BrN4/c1-18(2)9-11-4-3-7-19(11)10-5-6-12(14(16)17)13(15)8-10/h5-6,8,11H,3-4,7,9H2,1-2H3,(H3,16,17). The Morgan fingerprint density at radius 2 is 2.26 bits per heavy atom. The molecule has 4 nitrogen and oxygen atoms in total. The fourth-order valence-corrected chi connectivity index (χ4v) is 3.27. The molecular weight excluding hydrogens is 304 g/mol. The molecule has 1 aromatic rings. The molecule has 1 saturated heterocycles. The van der Waals surface area contributed by atoms with Crippen LogP contribution in [0, 0.1) is 5.41 Å². The third kappa shape index (κ3) is 3.28. The molecule has 2 rings (SSSR count). The van der Waals surface area contributed by atoms with Gasteiger partial charge in [-0.15, -0.1) is 0 Å². The first-order chi connectivity index (χ1) is 8.99. The molecule has 0 radical (unpaired) electrons. The number of rotatable bonds is 4. The number of benzene rings is 1. The lowest BCUT2D eigenvalue weighted by Crippen LogP contribution is -2.37. The topological polar surface area (TPSA) is 56.4 Å². The van der Waals surface area contributed by atoms with Gasteiger partial charge in [-0.1, -0.05) is 0 Å². The van der Waals surface area contributed by atoms with Gasteiger partial charge in [0, 0.05) is 34.9 Å². The van der Waals surface area contributed by atoms with Crippen molar-refractivity contribution in [3.63, 3.8) is 0 Å². The van der Waals surface area contributed by atoms with E-state index < -0.39 is 0 Å². The average molecular weight is 325 g/mol. The van der Waals surface area contributed by atoms with E-state index in [0.717, 1.165) is 23.1 Å². The van der Waals surface area contributed by atoms with Gasteiger partial charge in [0.05, 0.1) is 0 Å². The molecule has 0 aromatic heterocycles. The van der Waals surface area contributed by atoms with Crippen molar-refractivity contribution in [3.8, 4) is 0 Å². The van der Waals surface area contributed by atoms with Crippen molar-refractivity contribution >= 4 is 27.5 Å². The zero-order valence-corrected chi connectivity index (χ0v) is 13.1. The fourth-order valence-electron chi connectivity index (χ4n) is 2.69. The highest BCUT2D eigenvalue weighted by Crippen LogP contribution is 2.29. The van der Waals surface area contributed by atoms with E-state index in [0.29, 0.717) is 6.04 Å². The van der Waals surface area contributed by atoms with Crippen LogP contribution in [0.3, 0.4) is 0 Å². The van der Waals surface area contributed by atoms with Gasteiger partial charge in [0.2, 0.25) is 0 Å². The van der Waals surface area contributed by atoms with Crippen molar-refractivity contribution in [1.82, 2.24) is 4.90 Å². The predicted molar refractivity (Wildman–Crippen MR) is 84.1 cm³/mol. The second kappa shape index (κ2) is 5.92. The SMILES string of the molecule is CN(C)CC1CCCN1c1ccc(C(=N)N)c(Br)c1. The summed E-state index contributed by atoms with van der Waals surface area (Å²) in [6.45, 7) is 2.18. The smallest absolute Gasteiger partial charge is 0.123 e. The lowest BCUT2D eigenvalue weighted by molar-refractivity contribution is 0.372. The van der Waals surface area contributed by atoms with Gasteiger partial charge < -0.3 is 15.5 Å². The third-order valence-corrected chi connectivity index (χ3v) is 4.18. The van der Waals surface area contributed by atoms with E-state index in [4.69, 9.17) is 11.1 Å². The monoisotopic (exact) mass is 324 g/mol. The maximum absolute atomic E-state index is 7.52. The van der Waals surface area contributed by atoms with E-state index >= 15 is 0 Å². The van der Waals surface area contributed by atoms with Gasteiger partial charge in [0.25, 0.3) is 0 Å². The van der Waals surface area contributed by atoms with Crippen LogP contribution in [0.1, 0.15) is 18.4 Å². The predicted octanol–water partition coefficient (Wildman–Crippen LogP) is 2.26. The summed E-state index contributed by atoms with van der Waals surface area (Å²) in [4.78, 5) is 4.69. The second-order valence-electron chi connectivity index (χ2n) is 5.33. The number of nitrogens with two attached hydrogens (primary N) is 1. The molecular formula is C14H21BrN4. The minimum Gasteiger partial charge on any atom is -0.384 e. The van der Waals surface area contributed by atoms with Crippen molar-refractivity contribution in [2.75, 3.05) is 32.1 Å². The highest BCUT2D eigenvalue weighted by Gasteiger charge is 2.25. The summed E-state index contributed by atoms with van der Waals surface area (Å²) in [6, 6.07) is 6.64. The maximum Gasteiger partial charge on any atom is 0.123 e. The normalized spacial score (nSPS) is 19.2. The number of amidine groups is 1. The van der Waals surface area contributed by atoms with Gasteiger partial charge in [0.1, 0.15) is 5.84 Å². The summed E-state index contributed by atoms with van der Waals surface area (Å²) in [6.07, 6.45) is 2.48. The lowest BCUT2D eigenvalue weighted by atomic mass is 10.1. The summed E-state index contributed by atoms with van der Waals surface area (Å²) in [5, 5.41) is 7.52. The van der Waals surface area contributed by atoms with E-state index in [2.05, 4.69) is 52.0 Å². The Balaban J connectivity index is 2.21. The van der Waals surface area contributed by atoms with Crippen molar-refractivity contribution in [2.24, 2.45) is 5.73 Å². The van der Waals surface area contributed by atoms with Crippen molar-refractivity contribution in [3.05, 3.63) is 28.2 Å². The molecule has 1 aliphatic heterocycles. The fraction of sp³-hybridized carbons (Fsp3) is 0.500. The number of likely N-dealkylation sites (N-methyl/N-ethyl adjacent to an activating group) is 1. The van der Waals surface area contributed by atoms with Crippen LogP contribution in [-0.2, 0) is 0 Å². The summed E-state index contributed by atoms with van der Waals surface area (Å²) < 4.78 is 0.896. The van der Waals surface area contributed by atoms with E-state index in [-0.39, 0.29) is 5.84 Å². The van der Waals surface area contributed by atoms with E-state index in [1.165, 1.54) is 18.5 Å². The van der Waals surface area contributed by atoms with E-state index in [1.54, 1.807) is 0 Å². The molecule has 104 valence electrons. The van der Waals surface area contributed by atoms with Crippen LogP contribution in [0.5, 0.6) is 0 Å². The molecule has 0 bridgehead atoms. The first-order valence-corrected chi connectivity index (χ1v) is 7.33. The Morgan fingerprint density at radius 1 is 1.53 bits per heavy atom. The largest absolute Gasteiger partial charge is 0.384 e. The number of nitrogen functional groups attached to an aromatic ring is 1. The maximum atomic E-state index is 7.52. The van der Waals surface area contributed by atoms with Crippen LogP contribution in [0.15, 0.2) is 22.7 Å². The molecule has 19 heavy (non-hydrogen) atoms. The number of hydrogen-bond donors (Lipinski definition) is 2. The van der Waals surface area contributed by atoms with Gasteiger partial charge in [-0.3, -0.25) is 5.41 Å². The summed E-state index contributed by atoms with van der Waals surface area (Å²) in [5.74, 6) is 0.102. The molecule has 1 fully saturated rings. The van der Waals surface area contributed by atoms with Gasteiger partial charge in [-0.2, -0.15) is 0 Å². The van der Waals surface area contributed by atoms with E-state index in [9.17, 15) is 0 Å². The third-order valence-electron chi connectivity index (χ3n) is 3.53. The Kier molecular flexibility index (Phi) is 4.47. The lowest BCUT2D eigenvalue weighted by Gasteiger charge is -2.29. The van der Waals surface area contributed by atoms with Gasteiger partial charge in [0.15, 0.2) is 0 Å². The highest BCUT2D eigenvalue weighted by molar-refractivity contribution is 9.10. The molecule has 0 saturated carbocycles. The number of anilines is 1. The Morgan fingerprint density at radius 3 is 2.84 bits per heavy atom. The Hall–Kier alpha value is -1.07. The van der Waals surface area contributed by atoms with Crippen LogP contribution >= 0.6 is 15.9 Å². The number of halogens is 1.